The summed E-state index contributed by atoms with van der Waals surface area (Å²) in [4.78, 5) is 18.6. The maximum atomic E-state index is 11.9. The van der Waals surface area contributed by atoms with Gasteiger partial charge < -0.3 is 10.2 Å². The van der Waals surface area contributed by atoms with Crippen LogP contribution in [0.15, 0.2) is 18.2 Å². The van der Waals surface area contributed by atoms with Crippen molar-refractivity contribution in [3.63, 3.8) is 0 Å². The number of rotatable bonds is 4. The lowest BCUT2D eigenvalue weighted by Gasteiger charge is -2.16. The minimum absolute atomic E-state index is 0.0312. The molecule has 1 saturated heterocycles. The van der Waals surface area contributed by atoms with Gasteiger partial charge in [0.1, 0.15) is 0 Å². The number of aromatic nitrogens is 1. The smallest absolute Gasteiger partial charge is 0.239 e. The summed E-state index contributed by atoms with van der Waals surface area (Å²) in [6.45, 7) is 4.24. The quantitative estimate of drug-likeness (QED) is 0.830. The number of nitrogens with zero attached hydrogens (tertiary/aromatic N) is 2. The average Bonchev–Trinajstić information content (AvgIpc) is 3.14. The van der Waals surface area contributed by atoms with Crippen LogP contribution in [0.4, 0.5) is 10.8 Å². The van der Waals surface area contributed by atoms with Gasteiger partial charge in [-0.1, -0.05) is 34.2 Å². The summed E-state index contributed by atoms with van der Waals surface area (Å²) < 4.78 is 1.12. The number of nitrogens with one attached hydrogen (secondary N) is 1. The van der Waals surface area contributed by atoms with E-state index >= 15 is 0 Å². The van der Waals surface area contributed by atoms with Crippen molar-refractivity contribution in [1.82, 2.24) is 4.98 Å². The third-order valence-corrected chi connectivity index (χ3v) is 5.71. The van der Waals surface area contributed by atoms with Crippen LogP contribution >= 0.6 is 27.3 Å². The zero-order chi connectivity index (χ0) is 14.8. The van der Waals surface area contributed by atoms with Gasteiger partial charge in [0, 0.05) is 18.8 Å². The summed E-state index contributed by atoms with van der Waals surface area (Å²) in [6, 6.07) is 6.35. The zero-order valence-electron chi connectivity index (χ0n) is 11.9. The van der Waals surface area contributed by atoms with E-state index in [-0.39, 0.29) is 10.7 Å². The molecule has 1 aromatic heterocycles. The van der Waals surface area contributed by atoms with Crippen molar-refractivity contribution in [2.45, 2.75) is 31.0 Å². The topological polar surface area (TPSA) is 45.2 Å². The van der Waals surface area contributed by atoms with Gasteiger partial charge in [-0.2, -0.15) is 0 Å². The minimum Gasteiger partial charge on any atom is -0.371 e. The standard InChI is InChI=1S/C15H18BrN3OS/c1-2-11(16)14(20)18-15-17-12-6-5-10(9-13(12)21-15)19-7-3-4-8-19/h5-6,9,11H,2-4,7-8H2,1H3,(H,17,18,20)/t11-/m1/s1. The lowest BCUT2D eigenvalue weighted by atomic mass is 10.3. The summed E-state index contributed by atoms with van der Waals surface area (Å²) in [7, 11) is 0. The first-order valence-electron chi connectivity index (χ1n) is 7.28. The van der Waals surface area contributed by atoms with E-state index in [1.54, 1.807) is 0 Å². The highest BCUT2D eigenvalue weighted by Crippen LogP contribution is 2.31. The maximum Gasteiger partial charge on any atom is 0.239 e. The second-order valence-electron chi connectivity index (χ2n) is 5.23. The van der Waals surface area contributed by atoms with Gasteiger partial charge in [0.15, 0.2) is 5.13 Å². The van der Waals surface area contributed by atoms with E-state index in [1.807, 2.05) is 13.0 Å². The molecule has 0 bridgehead atoms. The minimum atomic E-state index is -0.162. The van der Waals surface area contributed by atoms with E-state index in [0.717, 1.165) is 29.7 Å². The SMILES string of the molecule is CC[C@@H](Br)C(=O)Nc1nc2ccc(N3CCCC3)cc2s1. The molecule has 1 aliphatic rings. The molecule has 1 fully saturated rings. The van der Waals surface area contributed by atoms with Gasteiger partial charge in [0.25, 0.3) is 0 Å². The summed E-state index contributed by atoms with van der Waals surface area (Å²) in [6.07, 6.45) is 3.30. The fraction of sp³-hybridized carbons (Fsp3) is 0.467. The second kappa shape index (κ2) is 6.32. The Kier molecular flexibility index (Phi) is 4.45. The molecule has 2 aromatic rings. The Bertz CT molecular complexity index is 651. The molecule has 1 aromatic carbocycles. The molecule has 3 rings (SSSR count). The van der Waals surface area contributed by atoms with Crippen molar-refractivity contribution in [2.75, 3.05) is 23.3 Å². The van der Waals surface area contributed by atoms with Crippen LogP contribution in [0.5, 0.6) is 0 Å². The van der Waals surface area contributed by atoms with E-state index in [0.29, 0.717) is 5.13 Å². The van der Waals surface area contributed by atoms with E-state index in [4.69, 9.17) is 0 Å². The molecule has 6 heteroatoms. The monoisotopic (exact) mass is 367 g/mol. The normalized spacial score (nSPS) is 16.4. The third-order valence-electron chi connectivity index (χ3n) is 3.72. The number of hydrogen-bond acceptors (Lipinski definition) is 4. The highest BCUT2D eigenvalue weighted by Gasteiger charge is 2.16. The first kappa shape index (κ1) is 14.8. The molecule has 0 radical (unpaired) electrons. The van der Waals surface area contributed by atoms with Crippen molar-refractivity contribution in [3.8, 4) is 0 Å². The lowest BCUT2D eigenvalue weighted by Crippen LogP contribution is -2.21. The number of anilines is 2. The summed E-state index contributed by atoms with van der Waals surface area (Å²) in [5.74, 6) is -0.0312. The van der Waals surface area contributed by atoms with Crippen LogP contribution in [0, 0.1) is 0 Å². The maximum absolute atomic E-state index is 11.9. The summed E-state index contributed by atoms with van der Waals surface area (Å²) in [5, 5.41) is 3.55. The number of amides is 1. The van der Waals surface area contributed by atoms with Crippen LogP contribution < -0.4 is 10.2 Å². The van der Waals surface area contributed by atoms with E-state index in [2.05, 4.69) is 43.3 Å². The second-order valence-corrected chi connectivity index (χ2v) is 7.37. The van der Waals surface area contributed by atoms with Crippen LogP contribution in [-0.4, -0.2) is 28.8 Å². The first-order valence-corrected chi connectivity index (χ1v) is 9.01. The molecule has 1 atom stereocenters. The lowest BCUT2D eigenvalue weighted by molar-refractivity contribution is -0.115. The van der Waals surface area contributed by atoms with Crippen LogP contribution in [0.2, 0.25) is 0 Å². The van der Waals surface area contributed by atoms with Crippen molar-refractivity contribution >= 4 is 54.2 Å². The number of fused-ring (bicyclic) bond motifs is 1. The average molecular weight is 368 g/mol. The predicted octanol–water partition coefficient (Wildman–Crippen LogP) is 4.01. The van der Waals surface area contributed by atoms with Crippen LogP contribution in [-0.2, 0) is 4.79 Å². The van der Waals surface area contributed by atoms with Gasteiger partial charge in [0.05, 0.1) is 15.0 Å². The van der Waals surface area contributed by atoms with Gasteiger partial charge in [0.2, 0.25) is 5.91 Å². The highest BCUT2D eigenvalue weighted by atomic mass is 79.9. The van der Waals surface area contributed by atoms with E-state index in [1.165, 1.54) is 29.9 Å². The van der Waals surface area contributed by atoms with Gasteiger partial charge in [-0.25, -0.2) is 4.98 Å². The Morgan fingerprint density at radius 3 is 2.95 bits per heavy atom. The van der Waals surface area contributed by atoms with Crippen LogP contribution in [0.25, 0.3) is 10.2 Å². The number of hydrogen-bond donors (Lipinski definition) is 1. The predicted molar refractivity (Wildman–Crippen MR) is 92.7 cm³/mol. The molecule has 21 heavy (non-hydrogen) atoms. The Morgan fingerprint density at radius 2 is 2.24 bits per heavy atom. The zero-order valence-corrected chi connectivity index (χ0v) is 14.3. The number of carbonyl (C=O) groups is 1. The summed E-state index contributed by atoms with van der Waals surface area (Å²) in [5.41, 5.74) is 2.20. The van der Waals surface area contributed by atoms with E-state index in [9.17, 15) is 4.79 Å². The molecule has 1 aliphatic heterocycles. The molecule has 0 spiro atoms. The van der Waals surface area contributed by atoms with Crippen molar-refractivity contribution in [1.29, 1.82) is 0 Å². The largest absolute Gasteiger partial charge is 0.371 e. The van der Waals surface area contributed by atoms with Gasteiger partial charge >= 0.3 is 0 Å². The van der Waals surface area contributed by atoms with Gasteiger partial charge in [-0.05, 0) is 37.5 Å². The molecule has 2 heterocycles. The van der Waals surface area contributed by atoms with Crippen LogP contribution in [0.3, 0.4) is 0 Å². The molecular formula is C15H18BrN3OS. The first-order chi connectivity index (χ1) is 10.2. The Hall–Kier alpha value is -1.14. The van der Waals surface area contributed by atoms with E-state index < -0.39 is 0 Å². The molecule has 112 valence electrons. The molecule has 0 aliphatic carbocycles. The van der Waals surface area contributed by atoms with Crippen molar-refractivity contribution < 1.29 is 4.79 Å². The molecular weight excluding hydrogens is 350 g/mol. The number of thiazole rings is 1. The van der Waals surface area contributed by atoms with Gasteiger partial charge in [-0.3, -0.25) is 4.79 Å². The highest BCUT2D eigenvalue weighted by molar-refractivity contribution is 9.10. The third kappa shape index (κ3) is 3.21. The Labute approximate surface area is 136 Å². The molecule has 1 amide bonds. The Balaban J connectivity index is 1.81. The number of alkyl halides is 1. The van der Waals surface area contributed by atoms with Gasteiger partial charge in [-0.15, -0.1) is 0 Å². The number of benzene rings is 1. The number of halogens is 1. The summed E-state index contributed by atoms with van der Waals surface area (Å²) >= 11 is 4.89. The van der Waals surface area contributed by atoms with Crippen molar-refractivity contribution in [3.05, 3.63) is 18.2 Å². The fourth-order valence-electron chi connectivity index (χ4n) is 2.51. The Morgan fingerprint density at radius 1 is 1.48 bits per heavy atom. The van der Waals surface area contributed by atoms with Crippen LogP contribution in [0.1, 0.15) is 26.2 Å². The fourth-order valence-corrected chi connectivity index (χ4v) is 3.52. The number of carbonyl (C=O) groups excluding carboxylic acids is 1. The molecule has 0 unspecified atom stereocenters. The molecule has 4 nitrogen and oxygen atoms in total. The molecule has 0 saturated carbocycles. The molecule has 1 N–H and O–H groups in total. The van der Waals surface area contributed by atoms with Crippen molar-refractivity contribution in [2.24, 2.45) is 0 Å².